The maximum atomic E-state index is 12.7. The third-order valence-electron chi connectivity index (χ3n) is 4.59. The standard InChI is InChI=1S/C17H23N3O/c1-17(2)11-19(3)10-15(17)18-16(21)13-6-5-7-14-12(13)8-9-20(14)4/h5-9,15H,10-11H2,1-4H3,(H,18,21). The van der Waals surface area contributed by atoms with Crippen LogP contribution in [-0.2, 0) is 7.05 Å². The van der Waals surface area contributed by atoms with Gasteiger partial charge in [-0.2, -0.15) is 0 Å². The molecule has 1 N–H and O–H groups in total. The maximum absolute atomic E-state index is 12.7. The van der Waals surface area contributed by atoms with Gasteiger partial charge in [-0.25, -0.2) is 0 Å². The van der Waals surface area contributed by atoms with Crippen molar-refractivity contribution in [2.75, 3.05) is 20.1 Å². The minimum Gasteiger partial charge on any atom is -0.351 e. The number of amides is 1. The monoisotopic (exact) mass is 285 g/mol. The fourth-order valence-corrected chi connectivity index (χ4v) is 3.41. The van der Waals surface area contributed by atoms with Crippen molar-refractivity contribution in [2.24, 2.45) is 12.5 Å². The molecule has 1 fully saturated rings. The Kier molecular flexibility index (Phi) is 3.29. The summed E-state index contributed by atoms with van der Waals surface area (Å²) in [5.74, 6) is 0.0279. The first kappa shape index (κ1) is 14.1. The molecule has 2 aromatic rings. The zero-order valence-electron chi connectivity index (χ0n) is 13.2. The first-order valence-corrected chi connectivity index (χ1v) is 7.42. The van der Waals surface area contributed by atoms with E-state index in [9.17, 15) is 4.79 Å². The molecule has 0 saturated carbocycles. The van der Waals surface area contributed by atoms with Gasteiger partial charge in [0.25, 0.3) is 5.91 Å². The summed E-state index contributed by atoms with van der Waals surface area (Å²) in [4.78, 5) is 15.0. The van der Waals surface area contributed by atoms with E-state index in [1.54, 1.807) is 0 Å². The van der Waals surface area contributed by atoms with Crippen molar-refractivity contribution >= 4 is 16.8 Å². The van der Waals surface area contributed by atoms with Gasteiger partial charge in [0.15, 0.2) is 0 Å². The molecule has 1 atom stereocenters. The number of carbonyl (C=O) groups is 1. The van der Waals surface area contributed by atoms with Crippen LogP contribution in [0.5, 0.6) is 0 Å². The summed E-state index contributed by atoms with van der Waals surface area (Å²) in [6.45, 7) is 6.34. The third-order valence-corrected chi connectivity index (χ3v) is 4.59. The highest BCUT2D eigenvalue weighted by atomic mass is 16.1. The Morgan fingerprint density at radius 3 is 2.71 bits per heavy atom. The SMILES string of the molecule is CN1CC(NC(=O)c2cccc3c2ccn3C)C(C)(C)C1. The predicted molar refractivity (Wildman–Crippen MR) is 85.5 cm³/mol. The molecule has 3 rings (SSSR count). The van der Waals surface area contributed by atoms with Crippen LogP contribution in [0.2, 0.25) is 0 Å². The number of aromatic nitrogens is 1. The Morgan fingerprint density at radius 1 is 1.29 bits per heavy atom. The second kappa shape index (κ2) is 4.88. The largest absolute Gasteiger partial charge is 0.351 e. The number of rotatable bonds is 2. The number of hydrogen-bond donors (Lipinski definition) is 1. The van der Waals surface area contributed by atoms with Crippen LogP contribution in [0.15, 0.2) is 30.5 Å². The van der Waals surface area contributed by atoms with E-state index in [1.165, 1.54) is 0 Å². The van der Waals surface area contributed by atoms with Crippen LogP contribution in [0.1, 0.15) is 24.2 Å². The summed E-state index contributed by atoms with van der Waals surface area (Å²) in [6, 6.07) is 8.09. The van der Waals surface area contributed by atoms with Crippen LogP contribution in [-0.4, -0.2) is 41.6 Å². The van der Waals surface area contributed by atoms with Crippen molar-refractivity contribution in [1.29, 1.82) is 0 Å². The zero-order valence-corrected chi connectivity index (χ0v) is 13.2. The zero-order chi connectivity index (χ0) is 15.2. The first-order valence-electron chi connectivity index (χ1n) is 7.42. The highest BCUT2D eigenvalue weighted by Crippen LogP contribution is 2.29. The number of likely N-dealkylation sites (N-methyl/N-ethyl adjacent to an activating group) is 1. The quantitative estimate of drug-likeness (QED) is 0.919. The first-order chi connectivity index (χ1) is 9.88. The van der Waals surface area contributed by atoms with Crippen LogP contribution in [0, 0.1) is 5.41 Å². The van der Waals surface area contributed by atoms with Crippen molar-refractivity contribution in [3.05, 3.63) is 36.0 Å². The van der Waals surface area contributed by atoms with Crippen molar-refractivity contribution in [3.63, 3.8) is 0 Å². The molecule has 112 valence electrons. The topological polar surface area (TPSA) is 37.3 Å². The van der Waals surface area contributed by atoms with Crippen molar-refractivity contribution in [1.82, 2.24) is 14.8 Å². The van der Waals surface area contributed by atoms with Crippen LogP contribution >= 0.6 is 0 Å². The highest BCUT2D eigenvalue weighted by Gasteiger charge is 2.38. The molecule has 4 heteroatoms. The highest BCUT2D eigenvalue weighted by molar-refractivity contribution is 6.06. The van der Waals surface area contributed by atoms with Gasteiger partial charge in [0.2, 0.25) is 0 Å². The molecule has 0 radical (unpaired) electrons. The molecule has 1 aliphatic rings. The van der Waals surface area contributed by atoms with E-state index in [0.717, 1.165) is 29.6 Å². The average Bonchev–Trinajstić information content (AvgIpc) is 2.90. The van der Waals surface area contributed by atoms with Crippen LogP contribution in [0.25, 0.3) is 10.9 Å². The molecule has 1 aromatic carbocycles. The molecule has 1 aliphatic heterocycles. The van der Waals surface area contributed by atoms with Crippen molar-refractivity contribution in [2.45, 2.75) is 19.9 Å². The van der Waals surface area contributed by atoms with Crippen LogP contribution in [0.3, 0.4) is 0 Å². The van der Waals surface area contributed by atoms with Gasteiger partial charge in [-0.05, 0) is 30.7 Å². The van der Waals surface area contributed by atoms with Crippen molar-refractivity contribution in [3.8, 4) is 0 Å². The van der Waals surface area contributed by atoms with E-state index < -0.39 is 0 Å². The molecule has 1 saturated heterocycles. The second-order valence-corrected chi connectivity index (χ2v) is 6.88. The Balaban J connectivity index is 1.88. The lowest BCUT2D eigenvalue weighted by atomic mass is 9.87. The number of nitrogens with one attached hydrogen (secondary N) is 1. The Bertz CT molecular complexity index is 686. The molecular weight excluding hydrogens is 262 g/mol. The molecule has 2 heterocycles. The molecule has 1 amide bonds. The number of carbonyl (C=O) groups excluding carboxylic acids is 1. The predicted octanol–water partition coefficient (Wildman–Crippen LogP) is 2.25. The summed E-state index contributed by atoms with van der Waals surface area (Å²) in [6.07, 6.45) is 1.99. The summed E-state index contributed by atoms with van der Waals surface area (Å²) >= 11 is 0. The van der Waals surface area contributed by atoms with Gasteiger partial charge in [-0.15, -0.1) is 0 Å². The van der Waals surface area contributed by atoms with Gasteiger partial charge in [0, 0.05) is 48.8 Å². The summed E-state index contributed by atoms with van der Waals surface area (Å²) in [5.41, 5.74) is 1.96. The maximum Gasteiger partial charge on any atom is 0.252 e. The fourth-order valence-electron chi connectivity index (χ4n) is 3.41. The molecule has 1 unspecified atom stereocenters. The van der Waals surface area contributed by atoms with E-state index in [2.05, 4.69) is 31.1 Å². The molecule has 21 heavy (non-hydrogen) atoms. The van der Waals surface area contributed by atoms with E-state index in [4.69, 9.17) is 0 Å². The summed E-state index contributed by atoms with van der Waals surface area (Å²) in [7, 11) is 4.10. The number of aryl methyl sites for hydroxylation is 1. The minimum atomic E-state index is 0.0279. The lowest BCUT2D eigenvalue weighted by Crippen LogP contribution is -2.44. The van der Waals surface area contributed by atoms with E-state index in [0.29, 0.717) is 0 Å². The Labute approximate surface area is 125 Å². The Hall–Kier alpha value is -1.81. The lowest BCUT2D eigenvalue weighted by Gasteiger charge is -2.26. The van der Waals surface area contributed by atoms with Gasteiger partial charge >= 0.3 is 0 Å². The van der Waals surface area contributed by atoms with Crippen LogP contribution in [0.4, 0.5) is 0 Å². The number of likely N-dealkylation sites (tertiary alicyclic amines) is 1. The summed E-state index contributed by atoms with van der Waals surface area (Å²) < 4.78 is 2.04. The smallest absolute Gasteiger partial charge is 0.252 e. The summed E-state index contributed by atoms with van der Waals surface area (Å²) in [5, 5.41) is 4.24. The van der Waals surface area contributed by atoms with Crippen LogP contribution < -0.4 is 5.32 Å². The molecule has 4 nitrogen and oxygen atoms in total. The van der Waals surface area contributed by atoms with E-state index in [1.807, 2.05) is 42.1 Å². The number of hydrogen-bond acceptors (Lipinski definition) is 2. The van der Waals surface area contributed by atoms with Crippen molar-refractivity contribution < 1.29 is 4.79 Å². The third kappa shape index (κ3) is 2.44. The molecule has 1 aromatic heterocycles. The average molecular weight is 285 g/mol. The molecular formula is C17H23N3O. The minimum absolute atomic E-state index is 0.0279. The van der Waals surface area contributed by atoms with Gasteiger partial charge < -0.3 is 14.8 Å². The molecule has 0 bridgehead atoms. The van der Waals surface area contributed by atoms with E-state index >= 15 is 0 Å². The lowest BCUT2D eigenvalue weighted by molar-refractivity contribution is 0.0918. The second-order valence-electron chi connectivity index (χ2n) is 6.88. The number of fused-ring (bicyclic) bond motifs is 1. The molecule has 0 spiro atoms. The molecule has 0 aliphatic carbocycles. The normalized spacial score (nSPS) is 21.8. The van der Waals surface area contributed by atoms with Gasteiger partial charge in [-0.1, -0.05) is 19.9 Å². The van der Waals surface area contributed by atoms with Gasteiger partial charge in [-0.3, -0.25) is 4.79 Å². The fraction of sp³-hybridized carbons (Fsp3) is 0.471. The van der Waals surface area contributed by atoms with Gasteiger partial charge in [0.1, 0.15) is 0 Å². The van der Waals surface area contributed by atoms with Gasteiger partial charge in [0.05, 0.1) is 0 Å². The number of nitrogens with zero attached hydrogens (tertiary/aromatic N) is 2. The number of benzene rings is 1. The van der Waals surface area contributed by atoms with E-state index in [-0.39, 0.29) is 17.4 Å². The Morgan fingerprint density at radius 2 is 2.05 bits per heavy atom.